The van der Waals surface area contributed by atoms with Gasteiger partial charge in [-0.3, -0.25) is 0 Å². The molecule has 0 saturated carbocycles. The third-order valence-electron chi connectivity index (χ3n) is 4.02. The van der Waals surface area contributed by atoms with Crippen LogP contribution in [0.2, 0.25) is 0 Å². The molecule has 24 heavy (non-hydrogen) atoms. The Morgan fingerprint density at radius 2 is 2.04 bits per heavy atom. The van der Waals surface area contributed by atoms with Crippen molar-refractivity contribution >= 4 is 30.2 Å². The summed E-state index contributed by atoms with van der Waals surface area (Å²) in [6, 6.07) is 4.53. The number of hydrogen-bond donors (Lipinski definition) is 5. The van der Waals surface area contributed by atoms with E-state index in [2.05, 4.69) is 4.40 Å². The van der Waals surface area contributed by atoms with Crippen molar-refractivity contribution in [1.29, 1.82) is 0 Å². The molecule has 2 aliphatic rings. The monoisotopic (exact) mass is 353 g/mol. The molecule has 3 rings (SSSR count). The summed E-state index contributed by atoms with van der Waals surface area (Å²) >= 11 is 1.11. The number of aliphatic hydroxyl groups excluding tert-OH is 3. The van der Waals surface area contributed by atoms with Gasteiger partial charge < -0.3 is 30.3 Å². The fraction of sp³-hybridized carbons (Fsp3) is 0.333. The van der Waals surface area contributed by atoms with Crippen LogP contribution in [0.15, 0.2) is 33.6 Å². The number of carboxylic acid groups (broad SMARTS) is 1. The van der Waals surface area contributed by atoms with Crippen LogP contribution in [0.25, 0.3) is 6.08 Å². The fourth-order valence-corrected chi connectivity index (χ4v) is 3.40. The zero-order valence-corrected chi connectivity index (χ0v) is 13.0. The van der Waals surface area contributed by atoms with E-state index in [9.17, 15) is 30.3 Å². The lowest BCUT2D eigenvalue weighted by atomic mass is 9.78. The molecule has 8 nitrogen and oxygen atoms in total. The van der Waals surface area contributed by atoms with Crippen molar-refractivity contribution in [2.75, 3.05) is 0 Å². The molecule has 5 atom stereocenters. The third-order valence-corrected chi connectivity index (χ3v) is 4.79. The molecule has 0 amide bonds. The average molecular weight is 353 g/mol. The van der Waals surface area contributed by atoms with Gasteiger partial charge in [0.2, 0.25) is 0 Å². The summed E-state index contributed by atoms with van der Waals surface area (Å²) in [5.74, 6) is -1.58. The number of rotatable bonds is 2. The summed E-state index contributed by atoms with van der Waals surface area (Å²) in [6.07, 6.45) is -2.62. The highest BCUT2D eigenvalue weighted by molar-refractivity contribution is 7.98. The average Bonchev–Trinajstić information content (AvgIpc) is 2.80. The predicted molar refractivity (Wildman–Crippen MR) is 84.3 cm³/mol. The molecule has 1 unspecified atom stereocenters. The summed E-state index contributed by atoms with van der Waals surface area (Å²) in [7, 11) is 0. The molecule has 9 heteroatoms. The first-order valence-corrected chi connectivity index (χ1v) is 7.79. The molecule has 2 heterocycles. The van der Waals surface area contributed by atoms with Crippen LogP contribution in [0.3, 0.4) is 0 Å². The van der Waals surface area contributed by atoms with Crippen LogP contribution in [-0.2, 0) is 15.1 Å². The van der Waals surface area contributed by atoms with Gasteiger partial charge in [0.25, 0.3) is 0 Å². The van der Waals surface area contributed by atoms with Crippen molar-refractivity contribution < 1.29 is 35.1 Å². The largest absolute Gasteiger partial charge is 0.479 e. The van der Waals surface area contributed by atoms with Crippen molar-refractivity contribution in [3.63, 3.8) is 0 Å². The first-order valence-electron chi connectivity index (χ1n) is 7.02. The Labute approximate surface area is 140 Å². The molecule has 0 spiro atoms. The van der Waals surface area contributed by atoms with Crippen LogP contribution >= 0.6 is 11.9 Å². The van der Waals surface area contributed by atoms with Crippen molar-refractivity contribution in [2.45, 2.75) is 35.1 Å². The Hall–Kier alpha value is -1.75. The highest BCUT2D eigenvalue weighted by Gasteiger charge is 2.58. The summed E-state index contributed by atoms with van der Waals surface area (Å²) in [5.41, 5.74) is -1.62. The molecular weight excluding hydrogens is 338 g/mol. The SMILES string of the molecule is O=C(O)[C@H]1OC(O)[C@H](O)[C@@H](O)[C@@]1(O)c1ccc2c(c1)SN=CC=C2. The number of nitrogens with zero attached hydrogens (tertiary/aromatic N) is 1. The highest BCUT2D eigenvalue weighted by Crippen LogP contribution is 2.40. The fourth-order valence-electron chi connectivity index (χ4n) is 2.73. The van der Waals surface area contributed by atoms with Gasteiger partial charge in [-0.2, -0.15) is 0 Å². The van der Waals surface area contributed by atoms with Gasteiger partial charge in [-0.1, -0.05) is 18.2 Å². The van der Waals surface area contributed by atoms with Crippen LogP contribution in [-0.4, -0.2) is 62.3 Å². The molecule has 5 N–H and O–H groups in total. The molecular formula is C15H15NO7S. The summed E-state index contributed by atoms with van der Waals surface area (Å²) in [4.78, 5) is 12.1. The normalized spacial score (nSPS) is 35.3. The topological polar surface area (TPSA) is 140 Å². The van der Waals surface area contributed by atoms with E-state index in [4.69, 9.17) is 4.74 Å². The first-order chi connectivity index (χ1) is 11.4. The highest BCUT2D eigenvalue weighted by atomic mass is 32.2. The van der Waals surface area contributed by atoms with Crippen LogP contribution in [0.1, 0.15) is 11.1 Å². The molecule has 1 fully saturated rings. The van der Waals surface area contributed by atoms with E-state index in [-0.39, 0.29) is 5.56 Å². The van der Waals surface area contributed by atoms with Crippen molar-refractivity contribution in [3.8, 4) is 0 Å². The van der Waals surface area contributed by atoms with Gasteiger partial charge in [-0.05, 0) is 23.3 Å². The van der Waals surface area contributed by atoms with Crippen molar-refractivity contribution in [3.05, 3.63) is 35.4 Å². The Morgan fingerprint density at radius 3 is 2.75 bits per heavy atom. The smallest absolute Gasteiger partial charge is 0.336 e. The van der Waals surface area contributed by atoms with Crippen LogP contribution in [0.5, 0.6) is 0 Å². The van der Waals surface area contributed by atoms with Crippen LogP contribution in [0, 0.1) is 0 Å². The number of carbonyl (C=O) groups is 1. The van der Waals surface area contributed by atoms with Gasteiger partial charge in [0.15, 0.2) is 18.0 Å². The van der Waals surface area contributed by atoms with Gasteiger partial charge in [-0.25, -0.2) is 9.19 Å². The Kier molecular flexibility index (Phi) is 4.47. The van der Waals surface area contributed by atoms with Gasteiger partial charge >= 0.3 is 5.97 Å². The number of fused-ring (bicyclic) bond motifs is 1. The summed E-state index contributed by atoms with van der Waals surface area (Å²) in [6.45, 7) is 0. The molecule has 1 aromatic carbocycles. The quantitative estimate of drug-likeness (QED) is 0.449. The number of ether oxygens (including phenoxy) is 1. The standard InChI is InChI=1S/C15H15NO7S/c17-10-11(18)15(22,12(13(19)20)23-14(10)21)8-4-3-7-2-1-5-16-24-9(7)6-8/h1-6,10-12,14,17-18,21-22H,(H,19,20)/t10-,11-,12-,14?,15+/m1/s1. The lowest BCUT2D eigenvalue weighted by Crippen LogP contribution is -2.66. The van der Waals surface area contributed by atoms with Gasteiger partial charge in [0, 0.05) is 23.1 Å². The third kappa shape index (κ3) is 2.65. The Bertz CT molecular complexity index is 722. The second-order valence-corrected chi connectivity index (χ2v) is 6.30. The van der Waals surface area contributed by atoms with Gasteiger partial charge in [0.05, 0.1) is 0 Å². The van der Waals surface area contributed by atoms with E-state index >= 15 is 0 Å². The van der Waals surface area contributed by atoms with Crippen LogP contribution < -0.4 is 0 Å². The number of allylic oxidation sites excluding steroid dienone is 1. The minimum Gasteiger partial charge on any atom is -0.479 e. The van der Waals surface area contributed by atoms with Gasteiger partial charge in [0.1, 0.15) is 12.2 Å². The maximum atomic E-state index is 11.5. The first kappa shape index (κ1) is 17.1. The second kappa shape index (κ2) is 6.28. The Balaban J connectivity index is 2.10. The number of carboxylic acids is 1. The van der Waals surface area contributed by atoms with Gasteiger partial charge in [-0.15, -0.1) is 0 Å². The second-order valence-electron chi connectivity index (χ2n) is 5.46. The van der Waals surface area contributed by atoms with E-state index in [0.29, 0.717) is 4.90 Å². The number of benzene rings is 1. The molecule has 0 radical (unpaired) electrons. The molecule has 2 aliphatic heterocycles. The number of hydrogen-bond acceptors (Lipinski definition) is 8. The zero-order chi connectivity index (χ0) is 17.5. The number of aliphatic carboxylic acids is 1. The molecule has 128 valence electrons. The number of aliphatic hydroxyl groups is 4. The minimum atomic E-state index is -2.44. The lowest BCUT2D eigenvalue weighted by Gasteiger charge is -2.45. The molecule has 0 aromatic heterocycles. The Morgan fingerprint density at radius 1 is 1.29 bits per heavy atom. The molecule has 1 aromatic rings. The maximum absolute atomic E-state index is 11.5. The molecule has 0 bridgehead atoms. The van der Waals surface area contributed by atoms with E-state index < -0.39 is 36.2 Å². The molecule has 1 saturated heterocycles. The van der Waals surface area contributed by atoms with Crippen LogP contribution in [0.4, 0.5) is 0 Å². The zero-order valence-electron chi connectivity index (χ0n) is 12.2. The summed E-state index contributed by atoms with van der Waals surface area (Å²) < 4.78 is 8.86. The van der Waals surface area contributed by atoms with E-state index in [1.807, 2.05) is 0 Å². The predicted octanol–water partition coefficient (Wildman–Crippen LogP) is -0.497. The van der Waals surface area contributed by atoms with E-state index in [1.165, 1.54) is 12.1 Å². The van der Waals surface area contributed by atoms with E-state index in [1.54, 1.807) is 24.4 Å². The lowest BCUT2D eigenvalue weighted by molar-refractivity contribution is -0.316. The summed E-state index contributed by atoms with van der Waals surface area (Å²) in [5, 5.41) is 49.8. The van der Waals surface area contributed by atoms with Crippen molar-refractivity contribution in [2.24, 2.45) is 4.40 Å². The molecule has 0 aliphatic carbocycles. The maximum Gasteiger partial charge on any atom is 0.336 e. The minimum absolute atomic E-state index is 0.0325. The van der Waals surface area contributed by atoms with E-state index in [0.717, 1.165) is 17.5 Å². The van der Waals surface area contributed by atoms with Crippen molar-refractivity contribution in [1.82, 2.24) is 0 Å².